The van der Waals surface area contributed by atoms with E-state index in [1.165, 1.54) is 12.1 Å². The Labute approximate surface area is 160 Å². The van der Waals surface area contributed by atoms with E-state index in [0.717, 1.165) is 24.2 Å². The van der Waals surface area contributed by atoms with Gasteiger partial charge in [-0.05, 0) is 56.2 Å². The van der Waals surface area contributed by atoms with Gasteiger partial charge in [0.1, 0.15) is 0 Å². The molecule has 7 heteroatoms. The van der Waals surface area contributed by atoms with Crippen LogP contribution in [0.4, 0.5) is 5.69 Å². The van der Waals surface area contributed by atoms with E-state index in [2.05, 4.69) is 10.0 Å². The number of benzene rings is 2. The summed E-state index contributed by atoms with van der Waals surface area (Å²) < 4.78 is 28.2. The van der Waals surface area contributed by atoms with Crippen LogP contribution < -0.4 is 10.0 Å². The number of hydrogen-bond acceptors (Lipinski definition) is 4. The van der Waals surface area contributed by atoms with Crippen molar-refractivity contribution in [2.24, 2.45) is 0 Å². The van der Waals surface area contributed by atoms with E-state index in [-0.39, 0.29) is 16.8 Å². The minimum Gasteiger partial charge on any atom is -0.333 e. The van der Waals surface area contributed by atoms with Crippen LogP contribution in [0, 0.1) is 13.8 Å². The number of piperazine rings is 1. The lowest BCUT2D eigenvalue weighted by molar-refractivity contribution is 0.0654. The van der Waals surface area contributed by atoms with Crippen molar-refractivity contribution >= 4 is 21.6 Å². The molecular formula is C20H25N3O3S. The summed E-state index contributed by atoms with van der Waals surface area (Å²) in [5.41, 5.74) is 2.65. The molecule has 1 saturated heterocycles. The molecule has 1 aliphatic rings. The van der Waals surface area contributed by atoms with Gasteiger partial charge in [-0.25, -0.2) is 8.42 Å². The van der Waals surface area contributed by atoms with Crippen molar-refractivity contribution in [3.63, 3.8) is 0 Å². The molecule has 0 aromatic heterocycles. The van der Waals surface area contributed by atoms with Crippen LogP contribution in [0.15, 0.2) is 47.4 Å². The summed E-state index contributed by atoms with van der Waals surface area (Å²) in [6, 6.07) is 11.9. The number of carbonyl (C=O) groups excluding carboxylic acids is 1. The minimum absolute atomic E-state index is 0.0660. The molecule has 144 valence electrons. The van der Waals surface area contributed by atoms with Gasteiger partial charge in [0, 0.05) is 36.9 Å². The van der Waals surface area contributed by atoms with E-state index in [0.29, 0.717) is 17.8 Å². The van der Waals surface area contributed by atoms with E-state index >= 15 is 0 Å². The summed E-state index contributed by atoms with van der Waals surface area (Å²) in [5.74, 6) is -0.130. The average molecular weight is 388 g/mol. The number of anilines is 1. The lowest BCUT2D eigenvalue weighted by Crippen LogP contribution is -2.52. The Kier molecular flexibility index (Phi) is 5.53. The topological polar surface area (TPSA) is 78.5 Å². The number of hydrogen-bond donors (Lipinski definition) is 2. The second-order valence-electron chi connectivity index (χ2n) is 7.00. The SMILES string of the molecule is Cc1cccc(NS(=O)(=O)c2ccc(C)c(C(=O)N3CCNC[C@@H]3C)c2)c1. The molecule has 0 unspecified atom stereocenters. The van der Waals surface area contributed by atoms with E-state index in [1.54, 1.807) is 29.2 Å². The predicted molar refractivity (Wildman–Crippen MR) is 107 cm³/mol. The summed E-state index contributed by atoms with van der Waals surface area (Å²) in [6.07, 6.45) is 0. The first kappa shape index (κ1) is 19.4. The maximum atomic E-state index is 13.0. The Morgan fingerprint density at radius 1 is 1.19 bits per heavy atom. The quantitative estimate of drug-likeness (QED) is 0.845. The van der Waals surface area contributed by atoms with Gasteiger partial charge in [-0.3, -0.25) is 9.52 Å². The molecule has 0 radical (unpaired) electrons. The Morgan fingerprint density at radius 3 is 2.67 bits per heavy atom. The predicted octanol–water partition coefficient (Wildman–Crippen LogP) is 2.54. The zero-order valence-electron chi connectivity index (χ0n) is 15.8. The van der Waals surface area contributed by atoms with Crippen molar-refractivity contribution < 1.29 is 13.2 Å². The Balaban J connectivity index is 1.91. The fourth-order valence-electron chi connectivity index (χ4n) is 3.22. The summed E-state index contributed by atoms with van der Waals surface area (Å²) in [5, 5.41) is 3.25. The first-order valence-electron chi connectivity index (χ1n) is 9.00. The molecule has 1 fully saturated rings. The summed E-state index contributed by atoms with van der Waals surface area (Å²) in [6.45, 7) is 7.79. The van der Waals surface area contributed by atoms with E-state index in [9.17, 15) is 13.2 Å². The van der Waals surface area contributed by atoms with Crippen LogP contribution in [0.3, 0.4) is 0 Å². The van der Waals surface area contributed by atoms with Crippen LogP contribution in [-0.4, -0.2) is 44.9 Å². The van der Waals surface area contributed by atoms with Gasteiger partial charge in [-0.1, -0.05) is 18.2 Å². The van der Waals surface area contributed by atoms with Crippen molar-refractivity contribution in [1.82, 2.24) is 10.2 Å². The van der Waals surface area contributed by atoms with Gasteiger partial charge < -0.3 is 10.2 Å². The molecule has 0 aliphatic carbocycles. The van der Waals surface area contributed by atoms with Crippen LogP contribution >= 0.6 is 0 Å². The number of nitrogens with zero attached hydrogens (tertiary/aromatic N) is 1. The maximum absolute atomic E-state index is 13.0. The molecule has 2 aromatic rings. The van der Waals surface area contributed by atoms with Crippen LogP contribution in [-0.2, 0) is 10.0 Å². The number of nitrogens with one attached hydrogen (secondary N) is 2. The highest BCUT2D eigenvalue weighted by molar-refractivity contribution is 7.92. The van der Waals surface area contributed by atoms with Gasteiger partial charge in [-0.15, -0.1) is 0 Å². The highest BCUT2D eigenvalue weighted by Crippen LogP contribution is 2.22. The van der Waals surface area contributed by atoms with E-state index in [4.69, 9.17) is 0 Å². The second-order valence-corrected chi connectivity index (χ2v) is 8.69. The molecule has 1 atom stereocenters. The zero-order chi connectivity index (χ0) is 19.6. The molecule has 0 bridgehead atoms. The lowest BCUT2D eigenvalue weighted by Gasteiger charge is -2.34. The largest absolute Gasteiger partial charge is 0.333 e. The lowest BCUT2D eigenvalue weighted by atomic mass is 10.1. The van der Waals surface area contributed by atoms with Gasteiger partial charge in [0.2, 0.25) is 0 Å². The number of carbonyl (C=O) groups is 1. The molecule has 1 aliphatic heterocycles. The van der Waals surface area contributed by atoms with Gasteiger partial charge >= 0.3 is 0 Å². The summed E-state index contributed by atoms with van der Waals surface area (Å²) >= 11 is 0. The molecule has 2 aromatic carbocycles. The standard InChI is InChI=1S/C20H25N3O3S/c1-14-5-4-6-17(11-14)22-27(25,26)18-8-7-15(2)19(12-18)20(24)23-10-9-21-13-16(23)3/h4-8,11-12,16,21-22H,9-10,13H2,1-3H3/t16-/m0/s1. The van der Waals surface area contributed by atoms with Crippen molar-refractivity contribution in [3.05, 3.63) is 59.2 Å². The van der Waals surface area contributed by atoms with Crippen LogP contribution in [0.5, 0.6) is 0 Å². The molecule has 27 heavy (non-hydrogen) atoms. The van der Waals surface area contributed by atoms with Crippen molar-refractivity contribution in [2.75, 3.05) is 24.4 Å². The normalized spacial score (nSPS) is 17.6. The third kappa shape index (κ3) is 4.31. The summed E-state index contributed by atoms with van der Waals surface area (Å²) in [7, 11) is -3.78. The monoisotopic (exact) mass is 387 g/mol. The Bertz CT molecular complexity index is 957. The van der Waals surface area contributed by atoms with Crippen molar-refractivity contribution in [2.45, 2.75) is 31.7 Å². The minimum atomic E-state index is -3.78. The smallest absolute Gasteiger partial charge is 0.261 e. The highest BCUT2D eigenvalue weighted by Gasteiger charge is 2.26. The van der Waals surface area contributed by atoms with Crippen LogP contribution in [0.25, 0.3) is 0 Å². The van der Waals surface area contributed by atoms with Gasteiger partial charge in [-0.2, -0.15) is 0 Å². The fraction of sp³-hybridized carbons (Fsp3) is 0.350. The first-order chi connectivity index (χ1) is 12.8. The van der Waals surface area contributed by atoms with E-state index < -0.39 is 10.0 Å². The molecule has 3 rings (SSSR count). The molecule has 0 spiro atoms. The van der Waals surface area contributed by atoms with Gasteiger partial charge in [0.05, 0.1) is 4.90 Å². The van der Waals surface area contributed by atoms with Crippen molar-refractivity contribution in [1.29, 1.82) is 0 Å². The van der Waals surface area contributed by atoms with Gasteiger partial charge in [0.15, 0.2) is 0 Å². The highest BCUT2D eigenvalue weighted by atomic mass is 32.2. The number of amides is 1. The fourth-order valence-corrected chi connectivity index (χ4v) is 4.29. The van der Waals surface area contributed by atoms with Crippen LogP contribution in [0.1, 0.15) is 28.4 Å². The third-order valence-corrected chi connectivity index (χ3v) is 6.16. The molecular weight excluding hydrogens is 362 g/mol. The zero-order valence-corrected chi connectivity index (χ0v) is 16.6. The first-order valence-corrected chi connectivity index (χ1v) is 10.5. The summed E-state index contributed by atoms with van der Waals surface area (Å²) in [4.78, 5) is 14.9. The molecule has 6 nitrogen and oxygen atoms in total. The molecule has 1 amide bonds. The second kappa shape index (κ2) is 7.70. The Hall–Kier alpha value is -2.38. The molecule has 2 N–H and O–H groups in total. The number of sulfonamides is 1. The molecule has 0 saturated carbocycles. The molecule has 1 heterocycles. The number of rotatable bonds is 4. The van der Waals surface area contributed by atoms with Crippen LogP contribution in [0.2, 0.25) is 0 Å². The number of aryl methyl sites for hydroxylation is 2. The van der Waals surface area contributed by atoms with E-state index in [1.807, 2.05) is 26.8 Å². The maximum Gasteiger partial charge on any atom is 0.261 e. The van der Waals surface area contributed by atoms with Crippen molar-refractivity contribution in [3.8, 4) is 0 Å². The third-order valence-electron chi connectivity index (χ3n) is 4.78. The average Bonchev–Trinajstić information content (AvgIpc) is 2.61. The Morgan fingerprint density at radius 2 is 1.96 bits per heavy atom. The van der Waals surface area contributed by atoms with Gasteiger partial charge in [0.25, 0.3) is 15.9 Å².